The first kappa shape index (κ1) is 10.1. The van der Waals surface area contributed by atoms with Crippen LogP contribution >= 0.6 is 0 Å². The van der Waals surface area contributed by atoms with E-state index in [1.54, 1.807) is 0 Å². The molecule has 0 amide bonds. The Kier molecular flexibility index (Phi) is 2.41. The van der Waals surface area contributed by atoms with E-state index < -0.39 is 0 Å². The van der Waals surface area contributed by atoms with Crippen molar-refractivity contribution in [3.05, 3.63) is 59.7 Å². The molecule has 84 valence electrons. The summed E-state index contributed by atoms with van der Waals surface area (Å²) >= 11 is 0. The second-order valence-electron chi connectivity index (χ2n) is 4.19. The molecule has 0 aliphatic carbocycles. The molecule has 0 saturated heterocycles. The van der Waals surface area contributed by atoms with Gasteiger partial charge in [-0.25, -0.2) is 4.79 Å². The molecule has 1 aliphatic heterocycles. The molecule has 0 atom stereocenters. The summed E-state index contributed by atoms with van der Waals surface area (Å²) < 4.78 is 4.89. The first-order chi connectivity index (χ1) is 8.33. The number of carbonyl (C=O) groups excluding carboxylic acids is 1. The fourth-order valence-electron chi connectivity index (χ4n) is 2.11. The van der Waals surface area contributed by atoms with Gasteiger partial charge in [0, 0.05) is 12.0 Å². The number of benzene rings is 2. The Morgan fingerprint density at radius 1 is 1.06 bits per heavy atom. The first-order valence-corrected chi connectivity index (χ1v) is 5.67. The average Bonchev–Trinajstić information content (AvgIpc) is 2.75. The van der Waals surface area contributed by atoms with Crippen LogP contribution in [-0.4, -0.2) is 12.6 Å². The zero-order valence-electron chi connectivity index (χ0n) is 9.35. The van der Waals surface area contributed by atoms with Crippen LogP contribution in [0.4, 0.5) is 0 Å². The highest BCUT2D eigenvalue weighted by Crippen LogP contribution is 2.19. The van der Waals surface area contributed by atoms with Crippen LogP contribution in [-0.2, 0) is 16.0 Å². The summed E-state index contributed by atoms with van der Waals surface area (Å²) in [5.41, 5.74) is 1.91. The lowest BCUT2D eigenvalue weighted by molar-refractivity contribution is -0.136. The molecule has 0 saturated carbocycles. The lowest BCUT2D eigenvalue weighted by Gasteiger charge is -2.03. The highest BCUT2D eigenvalue weighted by atomic mass is 16.5. The summed E-state index contributed by atoms with van der Waals surface area (Å²) in [6.45, 7) is 0.418. The lowest BCUT2D eigenvalue weighted by Crippen LogP contribution is -2.01. The first-order valence-electron chi connectivity index (χ1n) is 5.67. The normalized spacial score (nSPS) is 14.8. The summed E-state index contributed by atoms with van der Waals surface area (Å²) in [5, 5.41) is 2.43. The van der Waals surface area contributed by atoms with Crippen molar-refractivity contribution < 1.29 is 9.53 Å². The van der Waals surface area contributed by atoms with E-state index in [0.717, 1.165) is 11.1 Å². The van der Waals surface area contributed by atoms with E-state index in [2.05, 4.69) is 30.3 Å². The number of esters is 1. The molecule has 1 heterocycles. The second-order valence-corrected chi connectivity index (χ2v) is 4.19. The van der Waals surface area contributed by atoms with Gasteiger partial charge < -0.3 is 4.74 Å². The molecule has 2 aromatic rings. The van der Waals surface area contributed by atoms with Gasteiger partial charge in [-0.05, 0) is 22.4 Å². The molecule has 2 heteroatoms. The Bertz CT molecular complexity index is 611. The summed E-state index contributed by atoms with van der Waals surface area (Å²) in [6.07, 6.45) is 2.52. The molecule has 3 rings (SSSR count). The summed E-state index contributed by atoms with van der Waals surface area (Å²) in [4.78, 5) is 11.4. The van der Waals surface area contributed by atoms with E-state index in [-0.39, 0.29) is 5.97 Å². The van der Waals surface area contributed by atoms with Crippen molar-refractivity contribution in [1.29, 1.82) is 0 Å². The Morgan fingerprint density at radius 2 is 1.88 bits per heavy atom. The molecule has 0 radical (unpaired) electrons. The Hall–Kier alpha value is -2.09. The van der Waals surface area contributed by atoms with Gasteiger partial charge in [0.05, 0.1) is 0 Å². The van der Waals surface area contributed by atoms with Gasteiger partial charge in [0.2, 0.25) is 0 Å². The third kappa shape index (κ3) is 1.94. The van der Waals surface area contributed by atoms with Crippen molar-refractivity contribution in [2.75, 3.05) is 6.61 Å². The largest absolute Gasteiger partial charge is 0.458 e. The molecule has 17 heavy (non-hydrogen) atoms. The van der Waals surface area contributed by atoms with Gasteiger partial charge in [-0.15, -0.1) is 0 Å². The van der Waals surface area contributed by atoms with E-state index in [0.29, 0.717) is 13.0 Å². The maximum Gasteiger partial charge on any atom is 0.334 e. The maximum absolute atomic E-state index is 11.4. The fourth-order valence-corrected chi connectivity index (χ4v) is 2.11. The van der Waals surface area contributed by atoms with E-state index in [4.69, 9.17) is 4.74 Å². The molecule has 0 aromatic heterocycles. The maximum atomic E-state index is 11.4. The van der Waals surface area contributed by atoms with Crippen LogP contribution in [0.1, 0.15) is 5.56 Å². The van der Waals surface area contributed by atoms with Crippen molar-refractivity contribution in [2.24, 2.45) is 0 Å². The van der Waals surface area contributed by atoms with Crippen molar-refractivity contribution in [3.63, 3.8) is 0 Å². The minimum absolute atomic E-state index is 0.182. The summed E-state index contributed by atoms with van der Waals surface area (Å²) in [7, 11) is 0. The van der Waals surface area contributed by atoms with E-state index >= 15 is 0 Å². The molecule has 0 unspecified atom stereocenters. The number of fused-ring (bicyclic) bond motifs is 1. The quantitative estimate of drug-likeness (QED) is 0.733. The number of rotatable bonds is 2. The summed E-state index contributed by atoms with van der Waals surface area (Å²) in [5.74, 6) is -0.182. The minimum Gasteiger partial charge on any atom is -0.458 e. The molecular formula is C15H12O2. The highest BCUT2D eigenvalue weighted by Gasteiger charge is 2.16. The van der Waals surface area contributed by atoms with Gasteiger partial charge in [0.15, 0.2) is 0 Å². The predicted octanol–water partition coefficient (Wildman–Crippen LogP) is 2.87. The standard InChI is InChI=1S/C15H12O2/c16-15-14(7-8-17-15)10-11-5-6-12-3-1-2-4-13(12)9-11/h1-7,9H,8,10H2. The van der Waals surface area contributed by atoms with Crippen molar-refractivity contribution in [2.45, 2.75) is 6.42 Å². The van der Waals surface area contributed by atoms with Crippen LogP contribution in [0.5, 0.6) is 0 Å². The highest BCUT2D eigenvalue weighted by molar-refractivity contribution is 5.91. The van der Waals surface area contributed by atoms with Gasteiger partial charge in [0.1, 0.15) is 6.61 Å². The van der Waals surface area contributed by atoms with Crippen LogP contribution in [0, 0.1) is 0 Å². The van der Waals surface area contributed by atoms with Crippen molar-refractivity contribution >= 4 is 16.7 Å². The monoisotopic (exact) mass is 224 g/mol. The van der Waals surface area contributed by atoms with Gasteiger partial charge in [-0.1, -0.05) is 42.5 Å². The molecule has 0 N–H and O–H groups in total. The van der Waals surface area contributed by atoms with Crippen molar-refractivity contribution in [3.8, 4) is 0 Å². The minimum atomic E-state index is -0.182. The van der Waals surface area contributed by atoms with Crippen molar-refractivity contribution in [1.82, 2.24) is 0 Å². The predicted molar refractivity (Wildman–Crippen MR) is 66.7 cm³/mol. The number of ether oxygens (including phenoxy) is 1. The zero-order valence-corrected chi connectivity index (χ0v) is 9.35. The van der Waals surface area contributed by atoms with Gasteiger partial charge in [-0.2, -0.15) is 0 Å². The smallest absolute Gasteiger partial charge is 0.334 e. The number of hydrogen-bond acceptors (Lipinski definition) is 2. The third-order valence-corrected chi connectivity index (χ3v) is 3.01. The molecular weight excluding hydrogens is 212 g/mol. The number of hydrogen-bond donors (Lipinski definition) is 0. The Labute approximate surface area is 99.5 Å². The van der Waals surface area contributed by atoms with E-state index in [9.17, 15) is 4.79 Å². The molecule has 0 fully saturated rings. The molecule has 0 bridgehead atoms. The molecule has 2 aromatic carbocycles. The zero-order chi connectivity index (χ0) is 11.7. The summed E-state index contributed by atoms with van der Waals surface area (Å²) in [6, 6.07) is 14.5. The lowest BCUT2D eigenvalue weighted by atomic mass is 10.0. The Balaban J connectivity index is 1.93. The van der Waals surface area contributed by atoms with Crippen LogP contribution in [0.3, 0.4) is 0 Å². The third-order valence-electron chi connectivity index (χ3n) is 3.01. The SMILES string of the molecule is O=C1OCC=C1Cc1ccc2ccccc2c1. The van der Waals surface area contributed by atoms with Crippen LogP contribution in [0.25, 0.3) is 10.8 Å². The van der Waals surface area contributed by atoms with Crippen LogP contribution in [0.2, 0.25) is 0 Å². The molecule has 1 aliphatic rings. The van der Waals surface area contributed by atoms with Crippen LogP contribution < -0.4 is 0 Å². The second kappa shape index (κ2) is 4.06. The topological polar surface area (TPSA) is 26.3 Å². The van der Waals surface area contributed by atoms with E-state index in [1.165, 1.54) is 10.8 Å². The molecule has 0 spiro atoms. The molecule has 2 nitrogen and oxygen atoms in total. The van der Waals surface area contributed by atoms with Gasteiger partial charge in [-0.3, -0.25) is 0 Å². The Morgan fingerprint density at radius 3 is 2.65 bits per heavy atom. The van der Waals surface area contributed by atoms with Gasteiger partial charge in [0.25, 0.3) is 0 Å². The van der Waals surface area contributed by atoms with Crippen LogP contribution in [0.15, 0.2) is 54.1 Å². The van der Waals surface area contributed by atoms with E-state index in [1.807, 2.05) is 18.2 Å². The van der Waals surface area contributed by atoms with Gasteiger partial charge >= 0.3 is 5.97 Å². The average molecular weight is 224 g/mol. The fraction of sp³-hybridized carbons (Fsp3) is 0.133. The number of carbonyl (C=O) groups is 1. The number of cyclic esters (lactones) is 1.